The summed E-state index contributed by atoms with van der Waals surface area (Å²) >= 11 is 0. The topological polar surface area (TPSA) is 111 Å². The van der Waals surface area contributed by atoms with Crippen LogP contribution in [-0.2, 0) is 32.7 Å². The summed E-state index contributed by atoms with van der Waals surface area (Å²) in [6.07, 6.45) is 105. The van der Waals surface area contributed by atoms with Crippen molar-refractivity contribution in [2.24, 2.45) is 0 Å². The van der Waals surface area contributed by atoms with Gasteiger partial charge in [-0.05, 0) is 135 Å². The number of ether oxygens (including phenoxy) is 2. The molecule has 0 aliphatic rings. The van der Waals surface area contributed by atoms with Gasteiger partial charge in [0.2, 0.25) is 0 Å². The van der Waals surface area contributed by atoms with Crippen LogP contribution in [0.3, 0.4) is 0 Å². The number of carbonyl (C=O) groups excluding carboxylic acids is 2. The van der Waals surface area contributed by atoms with Crippen LogP contribution in [0.25, 0.3) is 0 Å². The minimum atomic E-state index is -4.67. The molecule has 0 rings (SSSR count). The fourth-order valence-corrected chi connectivity index (χ4v) is 9.79. The maximum atomic E-state index is 12.9. The first-order valence-electron chi connectivity index (χ1n) is 35.5. The Labute approximate surface area is 552 Å². The van der Waals surface area contributed by atoms with E-state index in [1.165, 1.54) is 89.9 Å². The maximum absolute atomic E-state index is 12.9. The van der Waals surface area contributed by atoms with Crippen LogP contribution in [0.1, 0.15) is 258 Å². The van der Waals surface area contributed by atoms with Gasteiger partial charge in [-0.15, -0.1) is 0 Å². The van der Waals surface area contributed by atoms with E-state index < -0.39 is 32.5 Å². The van der Waals surface area contributed by atoms with Gasteiger partial charge in [-0.25, -0.2) is 0 Å². The Balaban J connectivity index is 4.18. The zero-order chi connectivity index (χ0) is 65.5. The zero-order valence-corrected chi connectivity index (χ0v) is 58.7. The molecule has 2 unspecified atom stereocenters. The molecule has 0 aliphatic carbocycles. The van der Waals surface area contributed by atoms with Crippen LogP contribution in [0.5, 0.6) is 0 Å². The standard InChI is InChI=1S/C80H130NO8P/c1-6-8-10-12-14-16-18-20-22-24-26-28-30-32-34-36-37-38-39-40-41-42-43-45-47-49-51-53-55-57-59-61-63-65-67-69-71-73-80(83)89-78(77-88-90(84,85)87-75-74-81(3,4)5)76-86-79(82)72-70-68-66-64-62-60-58-56-54-52-50-48-46-44-35-33-31-29-27-25-23-21-19-17-15-13-11-9-7-2/h8-11,14-17,20-23,26-29,32,34,37-38,40-41,43,45,49,51,55,57,61,63,78H,6-7,12-13,18-19,24-25,30-31,33,35-36,39,42,44,46-48,50,52-54,56,58-60,62,64-77H2,1-5H3/b10-8-,11-9-,16-14-,17-15-,22-20-,23-21-,28-26-,29-27-,34-32-,38-37-,41-40-,45-43-,51-49-,57-55-,63-61-. The summed E-state index contributed by atoms with van der Waals surface area (Å²) in [5.41, 5.74) is 0. The van der Waals surface area contributed by atoms with Gasteiger partial charge in [0.25, 0.3) is 7.82 Å². The van der Waals surface area contributed by atoms with Crippen molar-refractivity contribution in [3.8, 4) is 0 Å². The molecule has 0 radical (unpaired) electrons. The van der Waals surface area contributed by atoms with E-state index in [0.717, 1.165) is 135 Å². The van der Waals surface area contributed by atoms with Crippen LogP contribution < -0.4 is 4.89 Å². The number of hydrogen-bond acceptors (Lipinski definition) is 8. The lowest BCUT2D eigenvalue weighted by atomic mass is 10.0. The second-order valence-corrected chi connectivity index (χ2v) is 25.5. The fraction of sp³-hybridized carbons (Fsp3) is 0.600. The molecule has 0 saturated heterocycles. The Morgan fingerprint density at radius 1 is 0.344 bits per heavy atom. The van der Waals surface area contributed by atoms with Gasteiger partial charge in [0.1, 0.15) is 19.8 Å². The molecular weight excluding hydrogens is 1130 g/mol. The van der Waals surface area contributed by atoms with Crippen molar-refractivity contribution in [1.29, 1.82) is 0 Å². The number of rotatable bonds is 63. The minimum absolute atomic E-state index is 0.0467. The molecule has 0 N–H and O–H groups in total. The predicted molar refractivity (Wildman–Crippen MR) is 387 cm³/mol. The third-order valence-electron chi connectivity index (χ3n) is 14.4. The summed E-state index contributed by atoms with van der Waals surface area (Å²) in [5, 5.41) is 0. The third-order valence-corrected chi connectivity index (χ3v) is 15.4. The van der Waals surface area contributed by atoms with Crippen molar-refractivity contribution >= 4 is 19.8 Å². The first-order valence-corrected chi connectivity index (χ1v) is 37.0. The summed E-state index contributed by atoms with van der Waals surface area (Å²) in [6, 6.07) is 0. The van der Waals surface area contributed by atoms with Gasteiger partial charge in [0.15, 0.2) is 6.10 Å². The molecule has 0 aliphatic heterocycles. The molecule has 0 aromatic heterocycles. The number of phosphoric acid groups is 1. The molecule has 0 fully saturated rings. The molecule has 0 saturated carbocycles. The van der Waals surface area contributed by atoms with Gasteiger partial charge in [-0.3, -0.25) is 14.2 Å². The number of unbranched alkanes of at least 4 members (excludes halogenated alkanes) is 19. The van der Waals surface area contributed by atoms with Gasteiger partial charge in [-0.1, -0.05) is 292 Å². The smallest absolute Gasteiger partial charge is 0.306 e. The van der Waals surface area contributed by atoms with Crippen LogP contribution in [-0.4, -0.2) is 70.0 Å². The summed E-state index contributed by atoms with van der Waals surface area (Å²) < 4.78 is 34.3. The Hall–Kier alpha value is -4.89. The quantitative estimate of drug-likeness (QED) is 0.0195. The number of allylic oxidation sites excluding steroid dienone is 30. The van der Waals surface area contributed by atoms with E-state index in [0.29, 0.717) is 17.4 Å². The monoisotopic (exact) mass is 1260 g/mol. The lowest BCUT2D eigenvalue weighted by Crippen LogP contribution is -2.37. The van der Waals surface area contributed by atoms with Gasteiger partial charge in [0.05, 0.1) is 27.7 Å². The van der Waals surface area contributed by atoms with E-state index in [4.69, 9.17) is 18.5 Å². The molecule has 508 valence electrons. The molecule has 0 spiro atoms. The van der Waals surface area contributed by atoms with Crippen LogP contribution >= 0.6 is 7.82 Å². The van der Waals surface area contributed by atoms with Gasteiger partial charge in [-0.2, -0.15) is 0 Å². The zero-order valence-electron chi connectivity index (χ0n) is 57.8. The van der Waals surface area contributed by atoms with E-state index >= 15 is 0 Å². The highest BCUT2D eigenvalue weighted by Gasteiger charge is 2.22. The largest absolute Gasteiger partial charge is 0.756 e. The van der Waals surface area contributed by atoms with Crippen molar-refractivity contribution in [3.63, 3.8) is 0 Å². The highest BCUT2D eigenvalue weighted by molar-refractivity contribution is 7.45. The molecule has 0 amide bonds. The predicted octanol–water partition coefficient (Wildman–Crippen LogP) is 22.9. The lowest BCUT2D eigenvalue weighted by Gasteiger charge is -2.28. The molecule has 9 nitrogen and oxygen atoms in total. The number of carbonyl (C=O) groups is 2. The molecule has 2 atom stereocenters. The molecule has 90 heavy (non-hydrogen) atoms. The highest BCUT2D eigenvalue weighted by Crippen LogP contribution is 2.38. The van der Waals surface area contributed by atoms with Gasteiger partial charge < -0.3 is 27.9 Å². The number of quaternary nitrogens is 1. The molecule has 0 heterocycles. The number of likely N-dealkylation sites (N-methyl/N-ethyl adjacent to an activating group) is 1. The van der Waals surface area contributed by atoms with E-state index in [9.17, 15) is 19.0 Å². The first-order chi connectivity index (χ1) is 44.0. The van der Waals surface area contributed by atoms with E-state index in [1.54, 1.807) is 0 Å². The SMILES string of the molecule is CC/C=C\C/C=C\C/C=C\C/C=C\C/C=C\C/C=C\C/C=C\C/C=C\C/C=C\C/C=C\C/C=C\CCCCCC(=O)OC(COC(=O)CCCCCCCCCCCCCCCCCC/C=C\C/C=C\C/C=C\C/C=C\CC)COP(=O)([O-])OCC[N+](C)(C)C. The van der Waals surface area contributed by atoms with Crippen molar-refractivity contribution in [1.82, 2.24) is 0 Å². The second kappa shape index (κ2) is 68.5. The Kier molecular flexibility index (Phi) is 64.8. The van der Waals surface area contributed by atoms with Crippen LogP contribution in [0.2, 0.25) is 0 Å². The Morgan fingerprint density at radius 3 is 0.900 bits per heavy atom. The molecule has 0 aromatic carbocycles. The van der Waals surface area contributed by atoms with Crippen molar-refractivity contribution < 1.29 is 42.1 Å². The summed E-state index contributed by atoms with van der Waals surface area (Å²) in [5.74, 6) is -0.880. The summed E-state index contributed by atoms with van der Waals surface area (Å²) in [7, 11) is 1.12. The van der Waals surface area contributed by atoms with Gasteiger partial charge in [0, 0.05) is 12.8 Å². The molecular formula is C80H130NO8P. The maximum Gasteiger partial charge on any atom is 0.306 e. The molecule has 0 bridgehead atoms. The minimum Gasteiger partial charge on any atom is -0.756 e. The Morgan fingerprint density at radius 2 is 0.600 bits per heavy atom. The van der Waals surface area contributed by atoms with E-state index in [2.05, 4.69) is 196 Å². The average Bonchev–Trinajstić information content (AvgIpc) is 3.58. The highest BCUT2D eigenvalue weighted by atomic mass is 31.2. The normalized spacial score (nSPS) is 14.2. The number of esters is 2. The average molecular weight is 1260 g/mol. The third kappa shape index (κ3) is 72.2. The van der Waals surface area contributed by atoms with Gasteiger partial charge >= 0.3 is 11.9 Å². The van der Waals surface area contributed by atoms with Crippen LogP contribution in [0.4, 0.5) is 0 Å². The van der Waals surface area contributed by atoms with Crippen molar-refractivity contribution in [2.75, 3.05) is 47.5 Å². The molecule has 10 heteroatoms. The molecule has 0 aromatic rings. The summed E-state index contributed by atoms with van der Waals surface area (Å²) in [4.78, 5) is 38.1. The second-order valence-electron chi connectivity index (χ2n) is 24.1. The van der Waals surface area contributed by atoms with E-state index in [-0.39, 0.29) is 26.1 Å². The van der Waals surface area contributed by atoms with Crippen molar-refractivity contribution in [2.45, 2.75) is 264 Å². The number of nitrogens with zero attached hydrogens (tertiary/aromatic N) is 1. The van der Waals surface area contributed by atoms with E-state index in [1.807, 2.05) is 21.1 Å². The number of phosphoric ester groups is 1. The van der Waals surface area contributed by atoms with Crippen LogP contribution in [0, 0.1) is 0 Å². The summed E-state index contributed by atoms with van der Waals surface area (Å²) in [6.45, 7) is 3.97. The first kappa shape index (κ1) is 85.1. The van der Waals surface area contributed by atoms with Crippen LogP contribution in [0.15, 0.2) is 182 Å². The lowest BCUT2D eigenvalue weighted by molar-refractivity contribution is -0.870. The van der Waals surface area contributed by atoms with Crippen molar-refractivity contribution in [3.05, 3.63) is 182 Å². The number of hydrogen-bond donors (Lipinski definition) is 0. The fourth-order valence-electron chi connectivity index (χ4n) is 9.06. The Bertz CT molecular complexity index is 2170.